The summed E-state index contributed by atoms with van der Waals surface area (Å²) in [6.07, 6.45) is 8.51. The van der Waals surface area contributed by atoms with Crippen LogP contribution in [0.4, 0.5) is 0 Å². The minimum atomic E-state index is 0.159. The van der Waals surface area contributed by atoms with Crippen LogP contribution in [0.5, 0.6) is 0 Å². The molecule has 0 aromatic rings. The second kappa shape index (κ2) is 5.67. The molecule has 0 unspecified atom stereocenters. The Morgan fingerprint density at radius 1 is 1.19 bits per heavy atom. The Kier molecular flexibility index (Phi) is 4.22. The van der Waals surface area contributed by atoms with E-state index in [1.54, 1.807) is 0 Å². The van der Waals surface area contributed by atoms with Crippen molar-refractivity contribution in [2.45, 2.75) is 64.0 Å². The summed E-state index contributed by atoms with van der Waals surface area (Å²) >= 11 is 0. The summed E-state index contributed by atoms with van der Waals surface area (Å²) in [5.41, 5.74) is 0. The SMILES string of the molecule is CCN1CCC[C@@H]1C(=O)NC1CCCCC1. The molecule has 2 aliphatic rings. The third-order valence-electron chi connectivity index (χ3n) is 4.02. The van der Waals surface area contributed by atoms with Gasteiger partial charge in [-0.3, -0.25) is 9.69 Å². The molecule has 0 aromatic heterocycles. The summed E-state index contributed by atoms with van der Waals surface area (Å²) in [6.45, 7) is 4.24. The molecule has 0 spiro atoms. The molecule has 1 atom stereocenters. The number of likely N-dealkylation sites (tertiary alicyclic amines) is 1. The first-order valence-electron chi connectivity index (χ1n) is 6.85. The Labute approximate surface area is 98.6 Å². The molecule has 92 valence electrons. The maximum absolute atomic E-state index is 12.1. The van der Waals surface area contributed by atoms with Crippen molar-refractivity contribution in [2.24, 2.45) is 0 Å². The number of carbonyl (C=O) groups is 1. The summed E-state index contributed by atoms with van der Waals surface area (Å²) in [5.74, 6) is 0.284. The average molecular weight is 224 g/mol. The van der Waals surface area contributed by atoms with Crippen molar-refractivity contribution in [2.75, 3.05) is 13.1 Å². The van der Waals surface area contributed by atoms with Crippen LogP contribution in [0.15, 0.2) is 0 Å². The smallest absolute Gasteiger partial charge is 0.237 e. The van der Waals surface area contributed by atoms with Gasteiger partial charge in [0.1, 0.15) is 0 Å². The van der Waals surface area contributed by atoms with E-state index in [0.29, 0.717) is 6.04 Å². The van der Waals surface area contributed by atoms with Crippen LogP contribution in [0.1, 0.15) is 51.9 Å². The van der Waals surface area contributed by atoms with E-state index >= 15 is 0 Å². The lowest BCUT2D eigenvalue weighted by Crippen LogP contribution is -2.47. The highest BCUT2D eigenvalue weighted by Crippen LogP contribution is 2.20. The van der Waals surface area contributed by atoms with Crippen molar-refractivity contribution in [3.8, 4) is 0 Å². The lowest BCUT2D eigenvalue weighted by Gasteiger charge is -2.27. The van der Waals surface area contributed by atoms with Crippen LogP contribution in [0.3, 0.4) is 0 Å². The van der Waals surface area contributed by atoms with Gasteiger partial charge in [-0.2, -0.15) is 0 Å². The zero-order valence-electron chi connectivity index (χ0n) is 10.4. The number of hydrogen-bond acceptors (Lipinski definition) is 2. The van der Waals surface area contributed by atoms with Gasteiger partial charge in [-0.1, -0.05) is 26.2 Å². The molecule has 1 heterocycles. The van der Waals surface area contributed by atoms with E-state index in [9.17, 15) is 4.79 Å². The first-order chi connectivity index (χ1) is 7.81. The van der Waals surface area contributed by atoms with Crippen molar-refractivity contribution in [1.82, 2.24) is 10.2 Å². The Balaban J connectivity index is 1.82. The molecule has 16 heavy (non-hydrogen) atoms. The van der Waals surface area contributed by atoms with Gasteiger partial charge in [0.2, 0.25) is 5.91 Å². The second-order valence-electron chi connectivity index (χ2n) is 5.13. The average Bonchev–Trinajstić information content (AvgIpc) is 2.78. The maximum atomic E-state index is 12.1. The molecule has 2 rings (SSSR count). The first-order valence-corrected chi connectivity index (χ1v) is 6.85. The van der Waals surface area contributed by atoms with Crippen LogP contribution in [-0.2, 0) is 4.79 Å². The van der Waals surface area contributed by atoms with E-state index in [0.717, 1.165) is 19.5 Å². The molecule has 3 nitrogen and oxygen atoms in total. The van der Waals surface area contributed by atoms with Gasteiger partial charge in [0.15, 0.2) is 0 Å². The topological polar surface area (TPSA) is 32.3 Å². The minimum Gasteiger partial charge on any atom is -0.352 e. The van der Waals surface area contributed by atoms with Crippen LogP contribution >= 0.6 is 0 Å². The number of amides is 1. The second-order valence-corrected chi connectivity index (χ2v) is 5.13. The Hall–Kier alpha value is -0.570. The van der Waals surface area contributed by atoms with E-state index < -0.39 is 0 Å². The number of hydrogen-bond donors (Lipinski definition) is 1. The van der Waals surface area contributed by atoms with Crippen molar-refractivity contribution < 1.29 is 4.79 Å². The highest BCUT2D eigenvalue weighted by molar-refractivity contribution is 5.82. The van der Waals surface area contributed by atoms with Crippen LogP contribution in [0, 0.1) is 0 Å². The lowest BCUT2D eigenvalue weighted by atomic mass is 9.95. The van der Waals surface area contributed by atoms with Gasteiger partial charge in [-0.25, -0.2) is 0 Å². The van der Waals surface area contributed by atoms with Gasteiger partial charge < -0.3 is 5.32 Å². The zero-order valence-corrected chi connectivity index (χ0v) is 10.4. The maximum Gasteiger partial charge on any atom is 0.237 e. The predicted octanol–water partition coefficient (Wildman–Crippen LogP) is 1.92. The Morgan fingerprint density at radius 3 is 2.62 bits per heavy atom. The molecule has 1 saturated carbocycles. The van der Waals surface area contributed by atoms with Gasteiger partial charge in [0.05, 0.1) is 6.04 Å². The summed E-state index contributed by atoms with van der Waals surface area (Å²) < 4.78 is 0. The monoisotopic (exact) mass is 224 g/mol. The van der Waals surface area contributed by atoms with E-state index in [2.05, 4.69) is 17.1 Å². The van der Waals surface area contributed by atoms with Gasteiger partial charge in [0, 0.05) is 6.04 Å². The molecule has 1 amide bonds. The number of likely N-dealkylation sites (N-methyl/N-ethyl adjacent to an activating group) is 1. The van der Waals surface area contributed by atoms with Crippen LogP contribution in [0.2, 0.25) is 0 Å². The molecular weight excluding hydrogens is 200 g/mol. The van der Waals surface area contributed by atoms with Gasteiger partial charge >= 0.3 is 0 Å². The molecular formula is C13H24N2O. The Morgan fingerprint density at radius 2 is 1.94 bits per heavy atom. The molecule has 1 aliphatic carbocycles. The fourth-order valence-corrected chi connectivity index (χ4v) is 3.05. The normalized spacial score (nSPS) is 28.2. The molecule has 0 radical (unpaired) electrons. The standard InChI is InChI=1S/C13H24N2O/c1-2-15-10-6-9-12(15)13(16)14-11-7-4-3-5-8-11/h11-12H,2-10H2,1H3,(H,14,16)/t12-/m1/s1. The van der Waals surface area contributed by atoms with Crippen molar-refractivity contribution in [3.05, 3.63) is 0 Å². The van der Waals surface area contributed by atoms with E-state index in [-0.39, 0.29) is 11.9 Å². The van der Waals surface area contributed by atoms with E-state index in [1.807, 2.05) is 0 Å². The summed E-state index contributed by atoms with van der Waals surface area (Å²) in [4.78, 5) is 14.4. The fraction of sp³-hybridized carbons (Fsp3) is 0.923. The predicted molar refractivity (Wildman–Crippen MR) is 65.3 cm³/mol. The molecule has 0 bridgehead atoms. The van der Waals surface area contributed by atoms with Crippen LogP contribution in [0.25, 0.3) is 0 Å². The fourth-order valence-electron chi connectivity index (χ4n) is 3.05. The number of carbonyl (C=O) groups excluding carboxylic acids is 1. The highest BCUT2D eigenvalue weighted by atomic mass is 16.2. The van der Waals surface area contributed by atoms with Crippen LogP contribution in [-0.4, -0.2) is 36.0 Å². The van der Waals surface area contributed by atoms with Crippen LogP contribution < -0.4 is 5.32 Å². The minimum absolute atomic E-state index is 0.159. The molecule has 2 fully saturated rings. The molecule has 1 N–H and O–H groups in total. The molecule has 3 heteroatoms. The van der Waals surface area contributed by atoms with Crippen molar-refractivity contribution in [3.63, 3.8) is 0 Å². The summed E-state index contributed by atoms with van der Waals surface area (Å²) in [5, 5.41) is 3.24. The lowest BCUT2D eigenvalue weighted by molar-refractivity contribution is -0.126. The Bertz CT molecular complexity index is 236. The quantitative estimate of drug-likeness (QED) is 0.794. The molecule has 1 aliphatic heterocycles. The third kappa shape index (κ3) is 2.76. The molecule has 1 saturated heterocycles. The summed E-state index contributed by atoms with van der Waals surface area (Å²) in [6, 6.07) is 0.618. The van der Waals surface area contributed by atoms with Crippen molar-refractivity contribution in [1.29, 1.82) is 0 Å². The van der Waals surface area contributed by atoms with Gasteiger partial charge in [0.25, 0.3) is 0 Å². The largest absolute Gasteiger partial charge is 0.352 e. The van der Waals surface area contributed by atoms with Gasteiger partial charge in [-0.05, 0) is 38.8 Å². The number of rotatable bonds is 3. The van der Waals surface area contributed by atoms with Gasteiger partial charge in [-0.15, -0.1) is 0 Å². The zero-order chi connectivity index (χ0) is 11.4. The van der Waals surface area contributed by atoms with Crippen molar-refractivity contribution >= 4 is 5.91 Å². The highest BCUT2D eigenvalue weighted by Gasteiger charge is 2.30. The number of nitrogens with zero attached hydrogens (tertiary/aromatic N) is 1. The van der Waals surface area contributed by atoms with E-state index in [4.69, 9.17) is 0 Å². The molecule has 0 aromatic carbocycles. The first kappa shape index (κ1) is 11.9. The third-order valence-corrected chi connectivity index (χ3v) is 4.02. The number of nitrogens with one attached hydrogen (secondary N) is 1. The summed E-state index contributed by atoms with van der Waals surface area (Å²) in [7, 11) is 0. The van der Waals surface area contributed by atoms with E-state index in [1.165, 1.54) is 38.5 Å².